The Bertz CT molecular complexity index is 3080. The van der Waals surface area contributed by atoms with E-state index in [1.165, 1.54) is 60.4 Å². The molecule has 53 heavy (non-hydrogen) atoms. The summed E-state index contributed by atoms with van der Waals surface area (Å²) in [4.78, 5) is 4.09. The maximum Gasteiger partial charge on any atom is 0.211 e. The van der Waals surface area contributed by atoms with Crippen molar-refractivity contribution >= 4 is 49.3 Å². The Morgan fingerprint density at radius 1 is 0.453 bits per heavy atom. The molecule has 11 rings (SSSR count). The van der Waals surface area contributed by atoms with Crippen LogP contribution in [-0.2, 0) is 0 Å². The second-order valence-electron chi connectivity index (χ2n) is 13.9. The van der Waals surface area contributed by atoms with Crippen LogP contribution in [0.25, 0.3) is 82.1 Å². The average molecular weight is 674 g/mol. The number of hydrogen-bond donors (Lipinski definition) is 0. The zero-order valence-electron chi connectivity index (χ0n) is 28.7. The van der Waals surface area contributed by atoms with Gasteiger partial charge in [0.1, 0.15) is 0 Å². The minimum Gasteiger partial charge on any atom is -0.318 e. The van der Waals surface area contributed by atoms with Crippen LogP contribution in [0, 0.1) is 6.57 Å². The number of rotatable bonds is 4. The molecule has 0 bridgehead atoms. The van der Waals surface area contributed by atoms with Crippen LogP contribution >= 0.6 is 0 Å². The molecule has 2 heterocycles. The highest BCUT2D eigenvalue weighted by Gasteiger charge is 2.33. The van der Waals surface area contributed by atoms with Gasteiger partial charge >= 0.3 is 0 Å². The summed E-state index contributed by atoms with van der Waals surface area (Å²) in [5, 5.41) is 4.90. The molecule has 1 atom stereocenters. The lowest BCUT2D eigenvalue weighted by Crippen LogP contribution is -2.00. The van der Waals surface area contributed by atoms with Gasteiger partial charge in [-0.05, 0) is 75.3 Å². The van der Waals surface area contributed by atoms with E-state index in [9.17, 15) is 0 Å². The second kappa shape index (κ2) is 11.4. The quantitative estimate of drug-likeness (QED) is 0.165. The number of fused-ring (bicyclic) bond motifs is 10. The summed E-state index contributed by atoms with van der Waals surface area (Å²) < 4.78 is 4.71. The molecule has 0 aliphatic heterocycles. The van der Waals surface area contributed by atoms with E-state index in [0.717, 1.165) is 33.5 Å². The highest BCUT2D eigenvalue weighted by Crippen LogP contribution is 2.53. The van der Waals surface area contributed by atoms with E-state index in [4.69, 9.17) is 6.57 Å². The summed E-state index contributed by atoms with van der Waals surface area (Å²) in [6.07, 6.45) is 0. The molecule has 0 fully saturated rings. The van der Waals surface area contributed by atoms with Gasteiger partial charge in [0.15, 0.2) is 0 Å². The first-order valence-electron chi connectivity index (χ1n) is 18.1. The second-order valence-corrected chi connectivity index (χ2v) is 13.9. The van der Waals surface area contributed by atoms with Crippen molar-refractivity contribution in [1.29, 1.82) is 0 Å². The van der Waals surface area contributed by atoms with Crippen LogP contribution in [-0.4, -0.2) is 9.13 Å². The van der Waals surface area contributed by atoms with E-state index >= 15 is 0 Å². The van der Waals surface area contributed by atoms with Crippen molar-refractivity contribution in [2.24, 2.45) is 0 Å². The first kappa shape index (κ1) is 29.6. The third kappa shape index (κ3) is 4.21. The molecule has 1 unspecified atom stereocenters. The third-order valence-electron chi connectivity index (χ3n) is 11.2. The first-order valence-corrected chi connectivity index (χ1v) is 18.1. The Labute approximate surface area is 307 Å². The van der Waals surface area contributed by atoms with Crippen LogP contribution in [0.15, 0.2) is 182 Å². The number of para-hydroxylation sites is 4. The normalized spacial score (nSPS) is 13.5. The van der Waals surface area contributed by atoms with Gasteiger partial charge in [-0.1, -0.05) is 146 Å². The molecule has 8 aromatic carbocycles. The average Bonchev–Trinajstić information content (AvgIpc) is 3.86. The molecule has 3 nitrogen and oxygen atoms in total. The van der Waals surface area contributed by atoms with Crippen molar-refractivity contribution in [2.45, 2.75) is 5.92 Å². The lowest BCUT2D eigenvalue weighted by Gasteiger charge is -2.17. The predicted octanol–water partition coefficient (Wildman–Crippen LogP) is 13.3. The van der Waals surface area contributed by atoms with Crippen LogP contribution in [0.3, 0.4) is 0 Å². The molecular formula is C50H31N3. The summed E-state index contributed by atoms with van der Waals surface area (Å²) in [5.41, 5.74) is 15.9. The van der Waals surface area contributed by atoms with Gasteiger partial charge in [0.2, 0.25) is 5.69 Å². The van der Waals surface area contributed by atoms with Gasteiger partial charge in [0, 0.05) is 33.2 Å². The molecule has 2 aromatic heterocycles. The Balaban J connectivity index is 1.17. The molecule has 0 saturated heterocycles. The van der Waals surface area contributed by atoms with E-state index in [0.29, 0.717) is 5.69 Å². The molecule has 0 radical (unpaired) electrons. The fourth-order valence-corrected chi connectivity index (χ4v) is 9.11. The molecule has 0 amide bonds. The van der Waals surface area contributed by atoms with Crippen LogP contribution in [0.4, 0.5) is 5.69 Å². The smallest absolute Gasteiger partial charge is 0.211 e. The zero-order valence-corrected chi connectivity index (χ0v) is 28.7. The van der Waals surface area contributed by atoms with Crippen LogP contribution in [0.5, 0.6) is 0 Å². The van der Waals surface area contributed by atoms with Gasteiger partial charge in [-0.15, -0.1) is 0 Å². The van der Waals surface area contributed by atoms with E-state index in [1.54, 1.807) is 0 Å². The van der Waals surface area contributed by atoms with Gasteiger partial charge in [-0.2, -0.15) is 0 Å². The topological polar surface area (TPSA) is 14.2 Å². The third-order valence-corrected chi connectivity index (χ3v) is 11.2. The number of hydrogen-bond acceptors (Lipinski definition) is 0. The summed E-state index contributed by atoms with van der Waals surface area (Å²) in [6, 6.07) is 65.3. The van der Waals surface area contributed by atoms with Crippen molar-refractivity contribution in [1.82, 2.24) is 9.13 Å². The van der Waals surface area contributed by atoms with Gasteiger partial charge in [-0.3, -0.25) is 0 Å². The summed E-state index contributed by atoms with van der Waals surface area (Å²) in [7, 11) is 0. The molecule has 0 N–H and O–H groups in total. The van der Waals surface area contributed by atoms with Crippen molar-refractivity contribution in [3.8, 4) is 33.6 Å². The Morgan fingerprint density at radius 2 is 1.08 bits per heavy atom. The standard InChI is InChI=1S/C50H31N3/c1-51-42-25-14-24-35(50(42)53-43-26-10-7-20-37(43)38-21-8-11-27-44(38)53)33-17-13-18-34(31-33)52-45-28-12-9-23-41(45)48-46(52)30-29-40-36-19-5-6-22-39(36)47(49(40)48)32-15-3-2-4-16-32/h2-31,47H. The van der Waals surface area contributed by atoms with E-state index in [1.807, 2.05) is 12.1 Å². The highest BCUT2D eigenvalue weighted by molar-refractivity contribution is 6.14. The summed E-state index contributed by atoms with van der Waals surface area (Å²) in [5.74, 6) is 0.141. The fraction of sp³-hybridized carbons (Fsp3) is 0.0200. The minimum atomic E-state index is 0.141. The monoisotopic (exact) mass is 673 g/mol. The van der Waals surface area contributed by atoms with Crippen molar-refractivity contribution in [3.05, 3.63) is 210 Å². The zero-order chi connectivity index (χ0) is 35.0. The molecule has 10 aromatic rings. The Morgan fingerprint density at radius 3 is 1.83 bits per heavy atom. The van der Waals surface area contributed by atoms with E-state index < -0.39 is 0 Å². The molecule has 246 valence electrons. The number of benzene rings is 8. The maximum atomic E-state index is 8.29. The molecular weight excluding hydrogens is 643 g/mol. The van der Waals surface area contributed by atoms with Crippen LogP contribution in [0.1, 0.15) is 22.6 Å². The number of nitrogens with zero attached hydrogens (tertiary/aromatic N) is 3. The van der Waals surface area contributed by atoms with Crippen molar-refractivity contribution in [2.75, 3.05) is 0 Å². The lowest BCUT2D eigenvalue weighted by atomic mass is 9.87. The molecule has 1 aliphatic carbocycles. The number of aromatic nitrogens is 2. The van der Waals surface area contributed by atoms with Gasteiger partial charge in [-0.25, -0.2) is 4.85 Å². The predicted molar refractivity (Wildman–Crippen MR) is 220 cm³/mol. The van der Waals surface area contributed by atoms with E-state index in [-0.39, 0.29) is 5.92 Å². The lowest BCUT2D eigenvalue weighted by molar-refractivity contribution is 1.03. The van der Waals surface area contributed by atoms with Crippen LogP contribution < -0.4 is 0 Å². The fourth-order valence-electron chi connectivity index (χ4n) is 9.11. The summed E-state index contributed by atoms with van der Waals surface area (Å²) in [6.45, 7) is 8.29. The minimum absolute atomic E-state index is 0.141. The molecule has 0 spiro atoms. The molecule has 0 saturated carbocycles. The van der Waals surface area contributed by atoms with Crippen molar-refractivity contribution in [3.63, 3.8) is 0 Å². The van der Waals surface area contributed by atoms with Crippen LogP contribution in [0.2, 0.25) is 0 Å². The van der Waals surface area contributed by atoms with Gasteiger partial charge in [0.05, 0.1) is 34.3 Å². The molecule has 1 aliphatic rings. The maximum absolute atomic E-state index is 8.29. The first-order chi connectivity index (χ1) is 26.3. The molecule has 3 heteroatoms. The Kier molecular flexibility index (Phi) is 6.38. The largest absolute Gasteiger partial charge is 0.318 e. The highest BCUT2D eigenvalue weighted by atomic mass is 15.0. The SMILES string of the molecule is [C-]#[N+]c1cccc(-c2cccc(-n3c4ccccc4c4c5c(ccc43)-c3ccccc3C5c3ccccc3)c2)c1-n1c2ccccc2c2ccccc21. The van der Waals surface area contributed by atoms with Gasteiger partial charge < -0.3 is 9.13 Å². The van der Waals surface area contributed by atoms with Gasteiger partial charge in [0.25, 0.3) is 0 Å². The summed E-state index contributed by atoms with van der Waals surface area (Å²) >= 11 is 0. The van der Waals surface area contributed by atoms with E-state index in [2.05, 4.69) is 184 Å². The Hall–Kier alpha value is -7.15. The van der Waals surface area contributed by atoms with Crippen molar-refractivity contribution < 1.29 is 0 Å².